The molecule has 8 nitrogen and oxygen atoms in total. The second-order valence-corrected chi connectivity index (χ2v) is 5.85. The number of carbonyl (C=O) groups is 1. The van der Waals surface area contributed by atoms with E-state index in [-0.39, 0.29) is 17.5 Å². The first-order chi connectivity index (χ1) is 11.7. The van der Waals surface area contributed by atoms with E-state index in [1.807, 2.05) is 4.90 Å². The lowest BCUT2D eigenvalue weighted by Gasteiger charge is -2.34. The van der Waals surface area contributed by atoms with E-state index in [1.54, 1.807) is 21.8 Å². The first kappa shape index (κ1) is 14.9. The zero-order chi connectivity index (χ0) is 16.5. The van der Waals surface area contributed by atoms with Gasteiger partial charge in [-0.05, 0) is 18.6 Å². The molecule has 1 saturated heterocycles. The van der Waals surface area contributed by atoms with Crippen LogP contribution in [-0.4, -0.2) is 63.3 Å². The summed E-state index contributed by atoms with van der Waals surface area (Å²) >= 11 is 0. The lowest BCUT2D eigenvalue weighted by atomic mass is 10.3. The Balaban J connectivity index is 1.43. The molecule has 0 unspecified atom stereocenters. The van der Waals surface area contributed by atoms with Crippen molar-refractivity contribution in [2.24, 2.45) is 0 Å². The van der Waals surface area contributed by atoms with Crippen molar-refractivity contribution in [3.63, 3.8) is 0 Å². The molecule has 0 radical (unpaired) electrons. The Morgan fingerprint density at radius 3 is 2.79 bits per heavy atom. The van der Waals surface area contributed by atoms with Crippen molar-refractivity contribution in [2.45, 2.75) is 13.0 Å². The number of nitrogens with one attached hydrogen (secondary N) is 1. The van der Waals surface area contributed by atoms with Crippen molar-refractivity contribution in [2.75, 3.05) is 42.9 Å². The Morgan fingerprint density at radius 2 is 2.04 bits per heavy atom. The predicted octanol–water partition coefficient (Wildman–Crippen LogP) is 0.590. The average Bonchev–Trinajstić information content (AvgIpc) is 3.06. The van der Waals surface area contributed by atoms with Gasteiger partial charge in [-0.1, -0.05) is 0 Å². The van der Waals surface area contributed by atoms with Gasteiger partial charge in [-0.25, -0.2) is 14.1 Å². The molecular formula is C15H18FN7O. The Bertz CT molecular complexity index is 731. The number of anilines is 2. The molecule has 2 aliphatic rings. The topological polar surface area (TPSA) is 79.2 Å². The standard InChI is InChI=1S/C15H18FN7O/c16-11-3-1-4-17-13(11)21-7-9-22(10-8-21)14(24)12-19-15-18-5-2-6-23(15)20-12/h1,3-4H,2,5-10H2,(H,18,19,20). The molecule has 0 saturated carbocycles. The fraction of sp³-hybridized carbons (Fsp3) is 0.467. The normalized spacial score (nSPS) is 17.4. The van der Waals surface area contributed by atoms with Crippen LogP contribution in [0.2, 0.25) is 0 Å². The fourth-order valence-corrected chi connectivity index (χ4v) is 3.02. The number of hydrogen-bond donors (Lipinski definition) is 1. The molecule has 1 fully saturated rings. The highest BCUT2D eigenvalue weighted by atomic mass is 19.1. The number of aromatic nitrogens is 4. The average molecular weight is 331 g/mol. The molecule has 0 spiro atoms. The lowest BCUT2D eigenvalue weighted by Crippen LogP contribution is -2.49. The van der Waals surface area contributed by atoms with Gasteiger partial charge in [-0.3, -0.25) is 4.79 Å². The van der Waals surface area contributed by atoms with Crippen molar-refractivity contribution in [1.82, 2.24) is 24.6 Å². The molecule has 24 heavy (non-hydrogen) atoms. The van der Waals surface area contributed by atoms with E-state index in [0.717, 1.165) is 19.5 Å². The molecule has 4 rings (SSSR count). The van der Waals surface area contributed by atoms with Crippen molar-refractivity contribution < 1.29 is 9.18 Å². The largest absolute Gasteiger partial charge is 0.354 e. The van der Waals surface area contributed by atoms with Crippen LogP contribution in [-0.2, 0) is 6.54 Å². The summed E-state index contributed by atoms with van der Waals surface area (Å²) in [4.78, 5) is 24.5. The number of amides is 1. The highest BCUT2D eigenvalue weighted by Crippen LogP contribution is 2.18. The van der Waals surface area contributed by atoms with Crippen molar-refractivity contribution in [3.8, 4) is 0 Å². The fourth-order valence-electron chi connectivity index (χ4n) is 3.02. The van der Waals surface area contributed by atoms with Crippen molar-refractivity contribution >= 4 is 17.7 Å². The number of nitrogens with zero attached hydrogens (tertiary/aromatic N) is 6. The van der Waals surface area contributed by atoms with Crippen LogP contribution in [0.4, 0.5) is 16.2 Å². The lowest BCUT2D eigenvalue weighted by molar-refractivity contribution is 0.0733. The quantitative estimate of drug-likeness (QED) is 0.868. The van der Waals surface area contributed by atoms with Crippen LogP contribution in [0.5, 0.6) is 0 Å². The van der Waals surface area contributed by atoms with Crippen LogP contribution in [0.3, 0.4) is 0 Å². The van der Waals surface area contributed by atoms with Gasteiger partial charge in [0.05, 0.1) is 0 Å². The van der Waals surface area contributed by atoms with E-state index in [0.29, 0.717) is 37.9 Å². The molecule has 0 aromatic carbocycles. The molecule has 2 aromatic rings. The second kappa shape index (κ2) is 6.06. The van der Waals surface area contributed by atoms with Crippen LogP contribution in [0.25, 0.3) is 0 Å². The molecule has 9 heteroatoms. The Morgan fingerprint density at radius 1 is 1.21 bits per heavy atom. The molecule has 4 heterocycles. The predicted molar refractivity (Wildman–Crippen MR) is 85.4 cm³/mol. The van der Waals surface area contributed by atoms with Gasteiger partial charge < -0.3 is 15.1 Å². The van der Waals surface area contributed by atoms with Gasteiger partial charge in [0, 0.05) is 45.5 Å². The van der Waals surface area contributed by atoms with Crippen LogP contribution in [0.1, 0.15) is 17.0 Å². The Labute approximate surface area is 138 Å². The van der Waals surface area contributed by atoms with Gasteiger partial charge in [0.25, 0.3) is 5.91 Å². The first-order valence-corrected chi connectivity index (χ1v) is 8.06. The van der Waals surface area contributed by atoms with E-state index in [9.17, 15) is 9.18 Å². The smallest absolute Gasteiger partial charge is 0.293 e. The Hall–Kier alpha value is -2.71. The van der Waals surface area contributed by atoms with E-state index >= 15 is 0 Å². The van der Waals surface area contributed by atoms with E-state index in [1.165, 1.54) is 6.07 Å². The molecule has 0 aliphatic carbocycles. The summed E-state index contributed by atoms with van der Waals surface area (Å²) < 4.78 is 15.5. The molecule has 0 atom stereocenters. The number of aryl methyl sites for hydroxylation is 1. The minimum atomic E-state index is -0.341. The van der Waals surface area contributed by atoms with Gasteiger partial charge in [0.1, 0.15) is 0 Å². The molecule has 1 amide bonds. The van der Waals surface area contributed by atoms with Gasteiger partial charge in [-0.15, -0.1) is 5.10 Å². The first-order valence-electron chi connectivity index (χ1n) is 8.06. The molecule has 1 N–H and O–H groups in total. The number of piperazine rings is 1. The summed E-state index contributed by atoms with van der Waals surface area (Å²) in [6.07, 6.45) is 2.54. The maximum Gasteiger partial charge on any atom is 0.293 e. The monoisotopic (exact) mass is 331 g/mol. The zero-order valence-electron chi connectivity index (χ0n) is 13.2. The van der Waals surface area contributed by atoms with Gasteiger partial charge in [0.15, 0.2) is 11.6 Å². The van der Waals surface area contributed by atoms with E-state index in [2.05, 4.69) is 20.4 Å². The summed E-state index contributed by atoms with van der Waals surface area (Å²) in [5.74, 6) is 0.687. The summed E-state index contributed by atoms with van der Waals surface area (Å²) in [5.41, 5.74) is 0. The summed E-state index contributed by atoms with van der Waals surface area (Å²) in [6.45, 7) is 3.67. The maximum absolute atomic E-state index is 13.8. The Kier molecular flexibility index (Phi) is 3.75. The van der Waals surface area contributed by atoms with Gasteiger partial charge >= 0.3 is 0 Å². The molecule has 126 valence electrons. The molecular weight excluding hydrogens is 313 g/mol. The van der Waals surface area contributed by atoms with Crippen LogP contribution in [0, 0.1) is 5.82 Å². The highest BCUT2D eigenvalue weighted by Gasteiger charge is 2.27. The molecule has 2 aliphatic heterocycles. The number of hydrogen-bond acceptors (Lipinski definition) is 6. The number of halogens is 1. The summed E-state index contributed by atoms with van der Waals surface area (Å²) in [6, 6.07) is 2.96. The number of pyridine rings is 1. The molecule has 0 bridgehead atoms. The minimum Gasteiger partial charge on any atom is -0.354 e. The SMILES string of the molecule is O=C(c1nc2n(n1)CCCN2)N1CCN(c2ncccc2F)CC1. The number of fused-ring (bicyclic) bond motifs is 1. The minimum absolute atomic E-state index is 0.181. The van der Waals surface area contributed by atoms with Gasteiger partial charge in [0.2, 0.25) is 11.8 Å². The third-order valence-corrected chi connectivity index (χ3v) is 4.30. The summed E-state index contributed by atoms with van der Waals surface area (Å²) in [5, 5.41) is 7.42. The second-order valence-electron chi connectivity index (χ2n) is 5.85. The van der Waals surface area contributed by atoms with Gasteiger partial charge in [-0.2, -0.15) is 4.98 Å². The van der Waals surface area contributed by atoms with Crippen LogP contribution < -0.4 is 10.2 Å². The third kappa shape index (κ3) is 2.66. The van der Waals surface area contributed by atoms with Crippen molar-refractivity contribution in [3.05, 3.63) is 30.0 Å². The van der Waals surface area contributed by atoms with Crippen LogP contribution in [0.15, 0.2) is 18.3 Å². The van der Waals surface area contributed by atoms with Crippen molar-refractivity contribution in [1.29, 1.82) is 0 Å². The third-order valence-electron chi connectivity index (χ3n) is 4.30. The number of rotatable bonds is 2. The molecule has 2 aromatic heterocycles. The van der Waals surface area contributed by atoms with Crippen LogP contribution >= 0.6 is 0 Å². The van der Waals surface area contributed by atoms with E-state index < -0.39 is 0 Å². The summed E-state index contributed by atoms with van der Waals surface area (Å²) in [7, 11) is 0. The highest BCUT2D eigenvalue weighted by molar-refractivity contribution is 5.91. The van der Waals surface area contributed by atoms with E-state index in [4.69, 9.17) is 0 Å². The zero-order valence-corrected chi connectivity index (χ0v) is 13.2. The number of carbonyl (C=O) groups excluding carboxylic acids is 1. The maximum atomic E-state index is 13.8.